The van der Waals surface area contributed by atoms with Gasteiger partial charge < -0.3 is 4.57 Å². The first-order valence-electron chi connectivity index (χ1n) is 6.64. The molecule has 6 nitrogen and oxygen atoms in total. The average Bonchev–Trinajstić information content (AvgIpc) is 3.03. The van der Waals surface area contributed by atoms with Gasteiger partial charge in [0.15, 0.2) is 16.8 Å². The van der Waals surface area contributed by atoms with Gasteiger partial charge in [0.1, 0.15) is 0 Å². The Morgan fingerprint density at radius 1 is 1.19 bits per heavy atom. The molecule has 0 saturated carbocycles. The molecule has 4 aromatic rings. The Labute approximate surface area is 119 Å². The molecule has 3 aromatic heterocycles. The van der Waals surface area contributed by atoms with E-state index in [2.05, 4.69) is 15.1 Å². The predicted molar refractivity (Wildman–Crippen MR) is 80.3 cm³/mol. The van der Waals surface area contributed by atoms with E-state index in [0.717, 1.165) is 22.5 Å². The third-order valence-corrected chi connectivity index (χ3v) is 3.74. The van der Waals surface area contributed by atoms with Gasteiger partial charge in [-0.3, -0.25) is 9.89 Å². The molecular weight excluding hydrogens is 266 g/mol. The number of aromatic amines is 1. The topological polar surface area (TPSA) is 68.0 Å². The number of benzene rings is 1. The number of imidazole rings is 1. The quantitative estimate of drug-likeness (QED) is 0.578. The van der Waals surface area contributed by atoms with Crippen LogP contribution in [0.5, 0.6) is 0 Å². The number of H-pyrrole nitrogens is 1. The van der Waals surface area contributed by atoms with Crippen molar-refractivity contribution in [2.24, 2.45) is 7.05 Å². The number of aryl methyl sites for hydroxylation is 2. The first-order chi connectivity index (χ1) is 10.2. The standard InChI is InChI=1S/C15H13N5O/c1-9-11(10-6-4-3-5-7-10)18-20-13(9)17-14(21)12-15(20)19(2)8-16-12/h3-8,18H,1-2H3. The van der Waals surface area contributed by atoms with E-state index in [0.29, 0.717) is 11.2 Å². The Morgan fingerprint density at radius 3 is 2.71 bits per heavy atom. The van der Waals surface area contributed by atoms with Crippen molar-refractivity contribution in [2.45, 2.75) is 6.92 Å². The molecule has 0 spiro atoms. The lowest BCUT2D eigenvalue weighted by atomic mass is 10.1. The number of aromatic nitrogens is 5. The number of fused-ring (bicyclic) bond motifs is 3. The van der Waals surface area contributed by atoms with Gasteiger partial charge in [0.25, 0.3) is 0 Å². The second-order valence-corrected chi connectivity index (χ2v) is 5.08. The number of nitrogens with one attached hydrogen (secondary N) is 1. The summed E-state index contributed by atoms with van der Waals surface area (Å²) >= 11 is 0. The SMILES string of the molecule is Cc1c(-c2ccccc2)[nH]n2c1nc(=O)c1ncn(C)c12. The highest BCUT2D eigenvalue weighted by Crippen LogP contribution is 2.25. The molecule has 104 valence electrons. The van der Waals surface area contributed by atoms with Crippen LogP contribution in [0.3, 0.4) is 0 Å². The lowest BCUT2D eigenvalue weighted by Crippen LogP contribution is -2.11. The summed E-state index contributed by atoms with van der Waals surface area (Å²) in [7, 11) is 1.86. The van der Waals surface area contributed by atoms with Crippen LogP contribution >= 0.6 is 0 Å². The van der Waals surface area contributed by atoms with Crippen LogP contribution in [0.25, 0.3) is 28.1 Å². The van der Waals surface area contributed by atoms with E-state index in [1.807, 2.05) is 53.4 Å². The fourth-order valence-electron chi connectivity index (χ4n) is 2.69. The molecule has 0 radical (unpaired) electrons. The van der Waals surface area contributed by atoms with Crippen molar-refractivity contribution >= 4 is 16.8 Å². The summed E-state index contributed by atoms with van der Waals surface area (Å²) in [6.07, 6.45) is 1.62. The molecule has 0 unspecified atom stereocenters. The summed E-state index contributed by atoms with van der Waals surface area (Å²) in [6, 6.07) is 9.99. The van der Waals surface area contributed by atoms with E-state index in [-0.39, 0.29) is 5.56 Å². The molecule has 0 fully saturated rings. The van der Waals surface area contributed by atoms with Gasteiger partial charge in [-0.1, -0.05) is 30.3 Å². The van der Waals surface area contributed by atoms with Gasteiger partial charge in [-0.25, -0.2) is 9.50 Å². The molecule has 0 bridgehead atoms. The summed E-state index contributed by atoms with van der Waals surface area (Å²) in [5, 5.41) is 3.33. The summed E-state index contributed by atoms with van der Waals surface area (Å²) < 4.78 is 3.64. The summed E-state index contributed by atoms with van der Waals surface area (Å²) in [6.45, 7) is 1.96. The van der Waals surface area contributed by atoms with Crippen molar-refractivity contribution in [3.05, 3.63) is 52.6 Å². The van der Waals surface area contributed by atoms with Crippen molar-refractivity contribution in [3.63, 3.8) is 0 Å². The Bertz CT molecular complexity index is 1020. The monoisotopic (exact) mass is 279 g/mol. The maximum absolute atomic E-state index is 12.1. The highest BCUT2D eigenvalue weighted by atomic mass is 16.1. The number of rotatable bonds is 1. The smallest absolute Gasteiger partial charge is 0.301 e. The first-order valence-corrected chi connectivity index (χ1v) is 6.64. The lowest BCUT2D eigenvalue weighted by Gasteiger charge is -1.99. The molecule has 1 N–H and O–H groups in total. The number of nitrogens with zero attached hydrogens (tertiary/aromatic N) is 4. The average molecular weight is 279 g/mol. The van der Waals surface area contributed by atoms with E-state index >= 15 is 0 Å². The molecule has 4 rings (SSSR count). The maximum atomic E-state index is 12.1. The predicted octanol–water partition coefficient (Wildman–Crippen LogP) is 1.88. The normalized spacial score (nSPS) is 11.5. The molecule has 6 heteroatoms. The van der Waals surface area contributed by atoms with Gasteiger partial charge in [0.05, 0.1) is 12.0 Å². The molecular formula is C15H13N5O. The first kappa shape index (κ1) is 11.9. The lowest BCUT2D eigenvalue weighted by molar-refractivity contribution is 0.874. The molecule has 0 amide bonds. The van der Waals surface area contributed by atoms with Crippen molar-refractivity contribution in [2.75, 3.05) is 0 Å². The van der Waals surface area contributed by atoms with Crippen molar-refractivity contribution in [1.29, 1.82) is 0 Å². The minimum absolute atomic E-state index is 0.299. The van der Waals surface area contributed by atoms with Crippen LogP contribution in [-0.2, 0) is 7.05 Å². The molecule has 0 aliphatic rings. The molecule has 0 aliphatic heterocycles. The summed E-state index contributed by atoms with van der Waals surface area (Å²) in [5.74, 6) is 0. The van der Waals surface area contributed by atoms with Gasteiger partial charge >= 0.3 is 5.56 Å². The summed E-state index contributed by atoms with van der Waals surface area (Å²) in [5.41, 5.74) is 4.38. The Morgan fingerprint density at radius 2 is 1.95 bits per heavy atom. The molecule has 1 aromatic carbocycles. The third kappa shape index (κ3) is 1.56. The zero-order valence-corrected chi connectivity index (χ0v) is 11.7. The number of hydrogen-bond acceptors (Lipinski definition) is 3. The fourth-order valence-corrected chi connectivity index (χ4v) is 2.69. The van der Waals surface area contributed by atoms with Crippen LogP contribution < -0.4 is 5.56 Å². The van der Waals surface area contributed by atoms with Gasteiger partial charge in [-0.05, 0) is 12.5 Å². The molecule has 3 heterocycles. The van der Waals surface area contributed by atoms with Gasteiger partial charge in [0, 0.05) is 12.6 Å². The van der Waals surface area contributed by atoms with E-state index in [1.165, 1.54) is 0 Å². The van der Waals surface area contributed by atoms with Crippen LogP contribution in [-0.4, -0.2) is 24.1 Å². The van der Waals surface area contributed by atoms with Gasteiger partial charge in [-0.2, -0.15) is 4.98 Å². The third-order valence-electron chi connectivity index (χ3n) is 3.74. The van der Waals surface area contributed by atoms with E-state index in [4.69, 9.17) is 0 Å². The van der Waals surface area contributed by atoms with E-state index < -0.39 is 0 Å². The molecule has 21 heavy (non-hydrogen) atoms. The highest BCUT2D eigenvalue weighted by Gasteiger charge is 2.16. The summed E-state index contributed by atoms with van der Waals surface area (Å²) in [4.78, 5) is 20.4. The van der Waals surface area contributed by atoms with Crippen LogP contribution in [0.15, 0.2) is 41.5 Å². The Balaban J connectivity index is 2.18. The van der Waals surface area contributed by atoms with Crippen molar-refractivity contribution < 1.29 is 0 Å². The van der Waals surface area contributed by atoms with Crippen LogP contribution in [0.4, 0.5) is 0 Å². The van der Waals surface area contributed by atoms with Gasteiger partial charge in [0.2, 0.25) is 0 Å². The van der Waals surface area contributed by atoms with Crippen molar-refractivity contribution in [1.82, 2.24) is 24.1 Å². The largest absolute Gasteiger partial charge is 0.318 e. The maximum Gasteiger partial charge on any atom is 0.301 e. The second kappa shape index (κ2) is 4.05. The van der Waals surface area contributed by atoms with Gasteiger partial charge in [-0.15, -0.1) is 0 Å². The Hall–Kier alpha value is -2.89. The van der Waals surface area contributed by atoms with Crippen molar-refractivity contribution in [3.8, 4) is 11.3 Å². The van der Waals surface area contributed by atoms with Crippen LogP contribution in [0.1, 0.15) is 5.56 Å². The van der Waals surface area contributed by atoms with E-state index in [9.17, 15) is 4.79 Å². The second-order valence-electron chi connectivity index (χ2n) is 5.08. The van der Waals surface area contributed by atoms with Crippen LogP contribution in [0, 0.1) is 6.92 Å². The molecule has 0 atom stereocenters. The minimum Gasteiger partial charge on any atom is -0.318 e. The highest BCUT2D eigenvalue weighted by molar-refractivity contribution is 5.78. The van der Waals surface area contributed by atoms with E-state index in [1.54, 1.807) is 6.33 Å². The number of hydrogen-bond donors (Lipinski definition) is 1. The minimum atomic E-state index is -0.299. The zero-order valence-electron chi connectivity index (χ0n) is 11.7. The van der Waals surface area contributed by atoms with Crippen LogP contribution in [0.2, 0.25) is 0 Å². The fraction of sp³-hybridized carbons (Fsp3) is 0.133. The molecule has 0 aliphatic carbocycles. The Kier molecular flexibility index (Phi) is 2.29. The molecule has 0 saturated heterocycles. The zero-order chi connectivity index (χ0) is 14.6.